The zero-order valence-electron chi connectivity index (χ0n) is 13.7. The molecule has 0 bridgehead atoms. The molecule has 1 atom stereocenters. The van der Waals surface area contributed by atoms with Crippen LogP contribution in [0.25, 0.3) is 0 Å². The molecular weight excluding hydrogens is 359 g/mol. The topological polar surface area (TPSA) is 53.7 Å². The Hall–Kier alpha value is -2.12. The normalized spacial score (nSPS) is 12.1. The molecule has 0 saturated carbocycles. The molecule has 0 spiro atoms. The summed E-state index contributed by atoms with van der Waals surface area (Å²) in [6, 6.07) is 9.44. The Bertz CT molecular complexity index is 681. The van der Waals surface area contributed by atoms with Crippen LogP contribution in [0.15, 0.2) is 42.5 Å². The van der Waals surface area contributed by atoms with Crippen LogP contribution in [0, 0.1) is 0 Å². The van der Waals surface area contributed by atoms with Crippen molar-refractivity contribution in [1.29, 1.82) is 0 Å². The molecule has 2 N–H and O–H groups in total. The Balaban J connectivity index is 0.00000312. The average Bonchev–Trinajstić information content (AvgIpc) is 2.58. The van der Waals surface area contributed by atoms with Crippen LogP contribution in [0.2, 0.25) is 0 Å². The summed E-state index contributed by atoms with van der Waals surface area (Å²) in [5.74, 6) is 0.416. The number of methoxy groups -OCH3 is 2. The van der Waals surface area contributed by atoms with Crippen LogP contribution in [0.5, 0.6) is 17.2 Å². The van der Waals surface area contributed by atoms with Crippen molar-refractivity contribution in [3.63, 3.8) is 0 Å². The highest BCUT2D eigenvalue weighted by Gasteiger charge is 2.40. The van der Waals surface area contributed by atoms with E-state index in [-0.39, 0.29) is 41.8 Å². The van der Waals surface area contributed by atoms with Crippen LogP contribution >= 0.6 is 12.4 Å². The summed E-state index contributed by atoms with van der Waals surface area (Å²) in [5.41, 5.74) is 5.96. The van der Waals surface area contributed by atoms with Crippen molar-refractivity contribution in [1.82, 2.24) is 0 Å². The van der Waals surface area contributed by atoms with E-state index in [0.717, 1.165) is 5.56 Å². The third-order valence-electron chi connectivity index (χ3n) is 3.44. The summed E-state index contributed by atoms with van der Waals surface area (Å²) in [4.78, 5) is 0. The van der Waals surface area contributed by atoms with Gasteiger partial charge in [-0.05, 0) is 11.6 Å². The van der Waals surface area contributed by atoms with Crippen LogP contribution in [0.1, 0.15) is 17.2 Å². The maximum absolute atomic E-state index is 13.0. The predicted molar refractivity (Wildman–Crippen MR) is 90.6 cm³/mol. The van der Waals surface area contributed by atoms with Gasteiger partial charge in [-0.3, -0.25) is 0 Å². The fourth-order valence-corrected chi connectivity index (χ4v) is 2.16. The van der Waals surface area contributed by atoms with E-state index in [0.29, 0.717) is 0 Å². The largest absolute Gasteiger partial charge is 0.493 e. The van der Waals surface area contributed by atoms with E-state index in [1.807, 2.05) is 30.3 Å². The molecule has 0 fully saturated rings. The standard InChI is InChI=1S/C17H18F3NO3.ClH/c1-22-14-8-12(16(21)17(18,19)20)13(9-15(14)23-2)24-10-11-6-4-3-5-7-11;/h3-9,16H,10,21H2,1-2H3;1H/t16-;/m1./s1. The molecule has 2 aromatic rings. The second-order valence-electron chi connectivity index (χ2n) is 5.04. The molecule has 0 aliphatic heterocycles. The van der Waals surface area contributed by atoms with Crippen molar-refractivity contribution in [2.75, 3.05) is 14.2 Å². The number of hydrogen-bond acceptors (Lipinski definition) is 4. The van der Waals surface area contributed by atoms with Gasteiger partial charge in [0.1, 0.15) is 18.4 Å². The number of hydrogen-bond donors (Lipinski definition) is 1. The molecule has 0 aromatic heterocycles. The molecule has 2 aromatic carbocycles. The lowest BCUT2D eigenvalue weighted by atomic mass is 10.0. The molecule has 138 valence electrons. The molecule has 0 saturated heterocycles. The van der Waals surface area contributed by atoms with Gasteiger partial charge < -0.3 is 19.9 Å². The number of ether oxygens (including phenoxy) is 3. The van der Waals surface area contributed by atoms with Crippen LogP contribution < -0.4 is 19.9 Å². The summed E-state index contributed by atoms with van der Waals surface area (Å²) >= 11 is 0. The van der Waals surface area contributed by atoms with E-state index in [2.05, 4.69) is 0 Å². The SMILES string of the molecule is COc1cc(OCc2ccccc2)c([C@@H](N)C(F)(F)F)cc1OC.Cl. The number of benzene rings is 2. The lowest BCUT2D eigenvalue weighted by Gasteiger charge is -2.21. The number of nitrogens with two attached hydrogens (primary N) is 1. The van der Waals surface area contributed by atoms with E-state index in [1.54, 1.807) is 0 Å². The third-order valence-corrected chi connectivity index (χ3v) is 3.44. The van der Waals surface area contributed by atoms with Gasteiger partial charge in [-0.25, -0.2) is 0 Å². The first-order chi connectivity index (χ1) is 11.4. The molecule has 0 aliphatic rings. The molecular formula is C17H19ClF3NO3. The molecule has 0 aliphatic carbocycles. The van der Waals surface area contributed by atoms with Crippen LogP contribution in [0.4, 0.5) is 13.2 Å². The Kier molecular flexibility index (Phi) is 7.38. The second kappa shape index (κ2) is 8.82. The summed E-state index contributed by atoms with van der Waals surface area (Å²) < 4.78 is 54.9. The van der Waals surface area contributed by atoms with Crippen molar-refractivity contribution in [2.24, 2.45) is 5.73 Å². The van der Waals surface area contributed by atoms with E-state index in [1.165, 1.54) is 26.4 Å². The first-order valence-electron chi connectivity index (χ1n) is 7.11. The van der Waals surface area contributed by atoms with Gasteiger partial charge in [0.2, 0.25) is 0 Å². The predicted octanol–water partition coefficient (Wildman–Crippen LogP) is 4.27. The van der Waals surface area contributed by atoms with Gasteiger partial charge in [0, 0.05) is 11.6 Å². The highest BCUT2D eigenvalue weighted by Crippen LogP contribution is 2.41. The first kappa shape index (κ1) is 20.9. The van der Waals surface area contributed by atoms with Crippen LogP contribution in [-0.4, -0.2) is 20.4 Å². The van der Waals surface area contributed by atoms with Crippen LogP contribution in [0.3, 0.4) is 0 Å². The zero-order chi connectivity index (χ0) is 17.7. The Morgan fingerprint density at radius 1 is 0.960 bits per heavy atom. The van der Waals surface area contributed by atoms with Crippen molar-refractivity contribution < 1.29 is 27.4 Å². The average molecular weight is 378 g/mol. The van der Waals surface area contributed by atoms with Gasteiger partial charge in [-0.15, -0.1) is 12.4 Å². The molecule has 0 unspecified atom stereocenters. The molecule has 8 heteroatoms. The smallest absolute Gasteiger partial charge is 0.407 e. The second-order valence-corrected chi connectivity index (χ2v) is 5.04. The molecule has 0 amide bonds. The van der Waals surface area contributed by atoms with Gasteiger partial charge in [0.25, 0.3) is 0 Å². The Morgan fingerprint density at radius 3 is 2.04 bits per heavy atom. The maximum Gasteiger partial charge on any atom is 0.407 e. The van der Waals surface area contributed by atoms with E-state index in [9.17, 15) is 13.2 Å². The van der Waals surface area contributed by atoms with Crippen molar-refractivity contribution in [3.05, 3.63) is 53.6 Å². The van der Waals surface area contributed by atoms with Crippen molar-refractivity contribution in [2.45, 2.75) is 18.8 Å². The van der Waals surface area contributed by atoms with Crippen LogP contribution in [-0.2, 0) is 6.61 Å². The maximum atomic E-state index is 13.0. The molecule has 0 heterocycles. The van der Waals surface area contributed by atoms with E-state index < -0.39 is 12.2 Å². The van der Waals surface area contributed by atoms with E-state index >= 15 is 0 Å². The Morgan fingerprint density at radius 2 is 1.52 bits per heavy atom. The fourth-order valence-electron chi connectivity index (χ4n) is 2.16. The van der Waals surface area contributed by atoms with Gasteiger partial charge in [0.05, 0.1) is 14.2 Å². The minimum Gasteiger partial charge on any atom is -0.493 e. The highest BCUT2D eigenvalue weighted by molar-refractivity contribution is 5.85. The molecule has 4 nitrogen and oxygen atoms in total. The highest BCUT2D eigenvalue weighted by atomic mass is 35.5. The Labute approximate surface area is 150 Å². The lowest BCUT2D eigenvalue weighted by molar-refractivity contribution is -0.149. The summed E-state index contributed by atoms with van der Waals surface area (Å²) in [6.45, 7) is 0.105. The number of rotatable bonds is 6. The molecule has 0 radical (unpaired) electrons. The minimum atomic E-state index is -4.61. The van der Waals surface area contributed by atoms with Gasteiger partial charge in [-0.2, -0.15) is 13.2 Å². The summed E-state index contributed by atoms with van der Waals surface area (Å²) in [5, 5.41) is 0. The quantitative estimate of drug-likeness (QED) is 0.817. The molecule has 2 rings (SSSR count). The lowest BCUT2D eigenvalue weighted by Crippen LogP contribution is -2.29. The zero-order valence-corrected chi connectivity index (χ0v) is 14.5. The third kappa shape index (κ3) is 5.17. The van der Waals surface area contributed by atoms with Gasteiger partial charge in [-0.1, -0.05) is 30.3 Å². The monoisotopic (exact) mass is 377 g/mol. The molecule has 25 heavy (non-hydrogen) atoms. The van der Waals surface area contributed by atoms with Gasteiger partial charge in [0.15, 0.2) is 11.5 Å². The minimum absolute atomic E-state index is 0. The first-order valence-corrected chi connectivity index (χ1v) is 7.11. The number of alkyl halides is 3. The van der Waals surface area contributed by atoms with Gasteiger partial charge >= 0.3 is 6.18 Å². The van der Waals surface area contributed by atoms with E-state index in [4.69, 9.17) is 19.9 Å². The van der Waals surface area contributed by atoms with Crippen molar-refractivity contribution >= 4 is 12.4 Å². The summed E-state index contributed by atoms with van der Waals surface area (Å²) in [6.07, 6.45) is -4.61. The number of halogens is 4. The summed E-state index contributed by atoms with van der Waals surface area (Å²) in [7, 11) is 2.73. The fraction of sp³-hybridized carbons (Fsp3) is 0.294. The van der Waals surface area contributed by atoms with Crippen molar-refractivity contribution in [3.8, 4) is 17.2 Å².